The van der Waals surface area contributed by atoms with E-state index in [2.05, 4.69) is 6.58 Å². The largest absolute Gasteiger partial charge is 0.466 e. The van der Waals surface area contributed by atoms with Gasteiger partial charge >= 0.3 is 5.97 Å². The normalized spacial score (nSPS) is 14.8. The van der Waals surface area contributed by atoms with Gasteiger partial charge in [0.15, 0.2) is 0 Å². The van der Waals surface area contributed by atoms with E-state index in [1.807, 2.05) is 6.92 Å². The van der Waals surface area contributed by atoms with E-state index in [1.54, 1.807) is 13.8 Å². The maximum absolute atomic E-state index is 11.3. The average molecular weight is 186 g/mol. The highest BCUT2D eigenvalue weighted by molar-refractivity contribution is 5.73. The summed E-state index contributed by atoms with van der Waals surface area (Å²) in [7, 11) is 0. The van der Waals surface area contributed by atoms with Crippen molar-refractivity contribution in [2.75, 3.05) is 6.61 Å². The molecule has 0 aromatic heterocycles. The van der Waals surface area contributed by atoms with Gasteiger partial charge in [0.05, 0.1) is 18.6 Å². The molecule has 0 aliphatic heterocycles. The Kier molecular flexibility index (Phi) is 5.39. The minimum atomic E-state index is -0.788. The van der Waals surface area contributed by atoms with Crippen LogP contribution in [0.3, 0.4) is 0 Å². The molecule has 3 heteroatoms. The molecule has 0 unspecified atom stereocenters. The topological polar surface area (TPSA) is 46.5 Å². The fraction of sp³-hybridized carbons (Fsp3) is 0.700. The Labute approximate surface area is 79.4 Å². The number of rotatable bonds is 5. The molecule has 2 atom stereocenters. The zero-order chi connectivity index (χ0) is 10.4. The first-order chi connectivity index (χ1) is 6.04. The van der Waals surface area contributed by atoms with E-state index >= 15 is 0 Å². The number of hydrogen-bond acceptors (Lipinski definition) is 3. The van der Waals surface area contributed by atoms with Crippen molar-refractivity contribution in [2.24, 2.45) is 5.92 Å². The molecule has 0 saturated heterocycles. The molecular formula is C10H18O3. The Morgan fingerprint density at radius 3 is 2.38 bits per heavy atom. The first-order valence-electron chi connectivity index (χ1n) is 4.54. The quantitative estimate of drug-likeness (QED) is 0.523. The Balaban J connectivity index is 4.31. The molecule has 0 bridgehead atoms. The molecule has 0 saturated carbocycles. The standard InChI is InChI=1S/C10H18O3/c1-5-8(9(11)7(3)4)10(12)13-6-2/h8-9,11H,3,5-6H2,1-2,4H3/t8-,9-/m1/s1. The number of aliphatic hydroxyl groups is 1. The first-order valence-corrected chi connectivity index (χ1v) is 4.54. The summed E-state index contributed by atoms with van der Waals surface area (Å²) < 4.78 is 4.83. The number of esters is 1. The minimum Gasteiger partial charge on any atom is -0.466 e. The van der Waals surface area contributed by atoms with E-state index in [-0.39, 0.29) is 5.97 Å². The van der Waals surface area contributed by atoms with Gasteiger partial charge in [-0.25, -0.2) is 0 Å². The van der Waals surface area contributed by atoms with Gasteiger partial charge in [0.25, 0.3) is 0 Å². The van der Waals surface area contributed by atoms with E-state index < -0.39 is 12.0 Å². The summed E-state index contributed by atoms with van der Waals surface area (Å²) in [6.07, 6.45) is -0.226. The third-order valence-corrected chi connectivity index (χ3v) is 1.92. The third kappa shape index (κ3) is 3.59. The van der Waals surface area contributed by atoms with E-state index in [0.29, 0.717) is 18.6 Å². The monoisotopic (exact) mass is 186 g/mol. The molecule has 0 spiro atoms. The Morgan fingerprint density at radius 1 is 1.54 bits per heavy atom. The van der Waals surface area contributed by atoms with E-state index in [4.69, 9.17) is 4.74 Å². The summed E-state index contributed by atoms with van der Waals surface area (Å²) in [5.74, 6) is -0.821. The molecule has 0 heterocycles. The summed E-state index contributed by atoms with van der Waals surface area (Å²) in [6, 6.07) is 0. The molecule has 0 radical (unpaired) electrons. The van der Waals surface area contributed by atoms with E-state index in [1.165, 1.54) is 0 Å². The van der Waals surface area contributed by atoms with Gasteiger partial charge in [-0.1, -0.05) is 19.1 Å². The molecule has 3 nitrogen and oxygen atoms in total. The summed E-state index contributed by atoms with van der Waals surface area (Å²) in [4.78, 5) is 11.3. The van der Waals surface area contributed by atoms with Crippen molar-refractivity contribution in [3.63, 3.8) is 0 Å². The number of carbonyl (C=O) groups is 1. The van der Waals surface area contributed by atoms with Crippen LogP contribution in [0.4, 0.5) is 0 Å². The van der Waals surface area contributed by atoms with Gasteiger partial charge in [-0.2, -0.15) is 0 Å². The van der Waals surface area contributed by atoms with Crippen molar-refractivity contribution in [2.45, 2.75) is 33.3 Å². The van der Waals surface area contributed by atoms with Gasteiger partial charge in [-0.15, -0.1) is 0 Å². The van der Waals surface area contributed by atoms with Crippen LogP contribution >= 0.6 is 0 Å². The number of aliphatic hydroxyl groups excluding tert-OH is 1. The summed E-state index contributed by atoms with van der Waals surface area (Å²) in [5, 5.41) is 9.58. The van der Waals surface area contributed by atoms with Crippen LogP contribution in [0.15, 0.2) is 12.2 Å². The van der Waals surface area contributed by atoms with Crippen molar-refractivity contribution in [1.29, 1.82) is 0 Å². The van der Waals surface area contributed by atoms with Gasteiger partial charge in [0.1, 0.15) is 0 Å². The summed E-state index contributed by atoms with van der Waals surface area (Å²) >= 11 is 0. The van der Waals surface area contributed by atoms with Crippen molar-refractivity contribution in [3.05, 3.63) is 12.2 Å². The molecular weight excluding hydrogens is 168 g/mol. The predicted molar refractivity (Wildman–Crippen MR) is 51.2 cm³/mol. The number of ether oxygens (including phenoxy) is 1. The lowest BCUT2D eigenvalue weighted by molar-refractivity contribution is -0.151. The van der Waals surface area contributed by atoms with E-state index in [9.17, 15) is 9.90 Å². The highest BCUT2D eigenvalue weighted by Gasteiger charge is 2.26. The van der Waals surface area contributed by atoms with Crippen LogP contribution < -0.4 is 0 Å². The first kappa shape index (κ1) is 12.2. The average Bonchev–Trinajstić information content (AvgIpc) is 2.05. The second-order valence-corrected chi connectivity index (χ2v) is 3.06. The maximum Gasteiger partial charge on any atom is 0.311 e. The Morgan fingerprint density at radius 2 is 2.08 bits per heavy atom. The highest BCUT2D eigenvalue weighted by atomic mass is 16.5. The van der Waals surface area contributed by atoms with Crippen molar-refractivity contribution < 1.29 is 14.6 Å². The molecule has 0 aromatic rings. The molecule has 13 heavy (non-hydrogen) atoms. The third-order valence-electron chi connectivity index (χ3n) is 1.92. The van der Waals surface area contributed by atoms with Crippen LogP contribution in [0.1, 0.15) is 27.2 Å². The number of hydrogen-bond donors (Lipinski definition) is 1. The molecule has 0 amide bonds. The fourth-order valence-corrected chi connectivity index (χ4v) is 1.11. The Hall–Kier alpha value is -0.830. The minimum absolute atomic E-state index is 0.345. The molecule has 0 aromatic carbocycles. The van der Waals surface area contributed by atoms with E-state index in [0.717, 1.165) is 0 Å². The lowest BCUT2D eigenvalue weighted by atomic mass is 9.95. The van der Waals surface area contributed by atoms with Crippen molar-refractivity contribution >= 4 is 5.97 Å². The Bertz CT molecular complexity index is 187. The van der Waals surface area contributed by atoms with Crippen LogP contribution in [0.2, 0.25) is 0 Å². The van der Waals surface area contributed by atoms with Gasteiger partial charge in [-0.05, 0) is 20.3 Å². The second kappa shape index (κ2) is 5.75. The maximum atomic E-state index is 11.3. The number of carbonyl (C=O) groups excluding carboxylic acids is 1. The highest BCUT2D eigenvalue weighted by Crippen LogP contribution is 2.16. The fourth-order valence-electron chi connectivity index (χ4n) is 1.11. The molecule has 0 rings (SSSR count). The van der Waals surface area contributed by atoms with Gasteiger partial charge in [0.2, 0.25) is 0 Å². The predicted octanol–water partition coefficient (Wildman–Crippen LogP) is 1.51. The van der Waals surface area contributed by atoms with Gasteiger partial charge in [0, 0.05) is 0 Å². The molecule has 76 valence electrons. The van der Waals surface area contributed by atoms with Crippen LogP contribution in [-0.4, -0.2) is 23.8 Å². The zero-order valence-electron chi connectivity index (χ0n) is 8.54. The summed E-state index contributed by atoms with van der Waals surface area (Å²) in [5.41, 5.74) is 0.597. The smallest absolute Gasteiger partial charge is 0.311 e. The lowest BCUT2D eigenvalue weighted by Gasteiger charge is -2.19. The van der Waals surface area contributed by atoms with Crippen LogP contribution in [0.5, 0.6) is 0 Å². The summed E-state index contributed by atoms with van der Waals surface area (Å²) in [6.45, 7) is 9.24. The van der Waals surface area contributed by atoms with Crippen molar-refractivity contribution in [3.8, 4) is 0 Å². The second-order valence-electron chi connectivity index (χ2n) is 3.06. The molecule has 0 aliphatic carbocycles. The lowest BCUT2D eigenvalue weighted by Crippen LogP contribution is -2.30. The van der Waals surface area contributed by atoms with Crippen LogP contribution in [-0.2, 0) is 9.53 Å². The zero-order valence-corrected chi connectivity index (χ0v) is 8.54. The van der Waals surface area contributed by atoms with Crippen LogP contribution in [0.25, 0.3) is 0 Å². The van der Waals surface area contributed by atoms with Crippen LogP contribution in [0, 0.1) is 5.92 Å². The molecule has 0 aliphatic rings. The SMILES string of the molecule is C=C(C)[C@@H](O)[C@@H](CC)C(=O)OCC. The van der Waals surface area contributed by atoms with Crippen molar-refractivity contribution in [1.82, 2.24) is 0 Å². The molecule has 1 N–H and O–H groups in total. The van der Waals surface area contributed by atoms with Gasteiger partial charge in [-0.3, -0.25) is 4.79 Å². The molecule has 0 fully saturated rings. The van der Waals surface area contributed by atoms with Gasteiger partial charge < -0.3 is 9.84 Å².